The van der Waals surface area contributed by atoms with Gasteiger partial charge in [0.2, 0.25) is 11.6 Å². The highest BCUT2D eigenvalue weighted by Crippen LogP contribution is 2.38. The second-order valence-corrected chi connectivity index (χ2v) is 9.44. The lowest BCUT2D eigenvalue weighted by atomic mass is 10.1. The molecule has 0 atom stereocenters. The zero-order valence-electron chi connectivity index (χ0n) is 19.9. The molecule has 38 heavy (non-hydrogen) atoms. The van der Waals surface area contributed by atoms with E-state index >= 15 is 0 Å². The normalized spacial score (nSPS) is 12.8. The molecule has 0 radical (unpaired) electrons. The zero-order valence-corrected chi connectivity index (χ0v) is 22.2. The lowest BCUT2D eigenvalue weighted by molar-refractivity contribution is -0.385. The first-order chi connectivity index (χ1) is 18.4. The van der Waals surface area contributed by atoms with Gasteiger partial charge in [0.25, 0.3) is 5.69 Å². The van der Waals surface area contributed by atoms with Gasteiger partial charge in [-0.2, -0.15) is 5.10 Å². The Morgan fingerprint density at radius 3 is 2.58 bits per heavy atom. The summed E-state index contributed by atoms with van der Waals surface area (Å²) in [6.07, 6.45) is 1.37. The Bertz CT molecular complexity index is 1650. The molecule has 0 aliphatic carbocycles. The van der Waals surface area contributed by atoms with E-state index in [0.29, 0.717) is 54.8 Å². The van der Waals surface area contributed by atoms with E-state index in [4.69, 9.17) is 42.1 Å². The van der Waals surface area contributed by atoms with Crippen LogP contribution in [0.2, 0.25) is 10.0 Å². The molecule has 0 bridgehead atoms. The largest absolute Gasteiger partial charge is 0.497 e. The van der Waals surface area contributed by atoms with Crippen molar-refractivity contribution in [2.75, 3.05) is 21.0 Å². The fourth-order valence-electron chi connectivity index (χ4n) is 3.69. The maximum Gasteiger partial charge on any atom is 0.282 e. The number of methoxy groups -OCH3 is 2. The standard InChI is InChI=1S/C25H18Cl2N4O6S/c1-34-16-4-6-22(35-2)17(9-16)21-12-38-25(29-19-5-3-15(26)8-18(19)27)30(21)28-11-14-7-23-24(37-13-36-23)10-20(14)31(32)33/h3-12H,13H2,1-2H3. The molecule has 0 unspecified atom stereocenters. The van der Waals surface area contributed by atoms with Gasteiger partial charge in [0.15, 0.2) is 11.5 Å². The average Bonchev–Trinajstić information content (AvgIpc) is 3.54. The average molecular weight is 573 g/mol. The second-order valence-electron chi connectivity index (χ2n) is 7.76. The molecule has 194 valence electrons. The van der Waals surface area contributed by atoms with Gasteiger partial charge in [0.05, 0.1) is 53.4 Å². The number of nitro benzene ring substituents is 1. The molecule has 1 aliphatic rings. The van der Waals surface area contributed by atoms with Crippen LogP contribution in [0.1, 0.15) is 5.56 Å². The van der Waals surface area contributed by atoms with Crippen molar-refractivity contribution in [3.8, 4) is 34.3 Å². The molecule has 0 saturated carbocycles. The van der Waals surface area contributed by atoms with Gasteiger partial charge in [-0.05, 0) is 42.5 Å². The van der Waals surface area contributed by atoms with Crippen molar-refractivity contribution in [1.29, 1.82) is 0 Å². The fourth-order valence-corrected chi connectivity index (χ4v) is 4.98. The molecule has 0 saturated heterocycles. The maximum atomic E-state index is 11.8. The Morgan fingerprint density at radius 1 is 1.08 bits per heavy atom. The third-order valence-electron chi connectivity index (χ3n) is 5.52. The van der Waals surface area contributed by atoms with Crippen molar-refractivity contribution >= 4 is 52.1 Å². The van der Waals surface area contributed by atoms with E-state index in [1.165, 1.54) is 29.7 Å². The molecule has 0 spiro atoms. The van der Waals surface area contributed by atoms with Crippen molar-refractivity contribution in [1.82, 2.24) is 4.68 Å². The minimum absolute atomic E-state index is 0.0168. The molecule has 1 aliphatic heterocycles. The van der Waals surface area contributed by atoms with Gasteiger partial charge in [-0.1, -0.05) is 23.2 Å². The summed E-state index contributed by atoms with van der Waals surface area (Å²) in [5, 5.41) is 19.0. The monoisotopic (exact) mass is 572 g/mol. The Morgan fingerprint density at radius 2 is 1.87 bits per heavy atom. The molecular weight excluding hydrogens is 555 g/mol. The van der Waals surface area contributed by atoms with Crippen molar-refractivity contribution in [2.24, 2.45) is 10.1 Å². The first-order valence-corrected chi connectivity index (χ1v) is 12.6. The van der Waals surface area contributed by atoms with Crippen molar-refractivity contribution in [2.45, 2.75) is 0 Å². The number of thiazole rings is 1. The Kier molecular flexibility index (Phi) is 7.23. The van der Waals surface area contributed by atoms with Crippen LogP contribution in [0.25, 0.3) is 11.3 Å². The number of nitrogens with zero attached hydrogens (tertiary/aromatic N) is 4. The van der Waals surface area contributed by atoms with Crippen LogP contribution in [-0.2, 0) is 0 Å². The first-order valence-electron chi connectivity index (χ1n) is 10.9. The molecule has 4 aromatic rings. The molecule has 5 rings (SSSR count). The summed E-state index contributed by atoms with van der Waals surface area (Å²) in [5.74, 6) is 1.86. The molecule has 0 amide bonds. The van der Waals surface area contributed by atoms with Crippen LogP contribution in [0, 0.1) is 10.1 Å². The number of halogens is 2. The van der Waals surface area contributed by atoms with Crippen LogP contribution in [0.4, 0.5) is 11.4 Å². The first kappa shape index (κ1) is 25.6. The number of rotatable bonds is 7. The van der Waals surface area contributed by atoms with Gasteiger partial charge in [0, 0.05) is 16.0 Å². The fraction of sp³-hybridized carbons (Fsp3) is 0.120. The number of fused-ring (bicyclic) bond motifs is 1. The SMILES string of the molecule is COc1ccc(OC)c(-c2csc(=Nc3ccc(Cl)cc3Cl)n2N=Cc2cc3c(cc2[N+](=O)[O-])OCO3)c1. The van der Waals surface area contributed by atoms with Crippen LogP contribution in [-0.4, -0.2) is 36.8 Å². The van der Waals surface area contributed by atoms with E-state index in [1.807, 2.05) is 5.38 Å². The Hall–Kier alpha value is -4.06. The van der Waals surface area contributed by atoms with E-state index < -0.39 is 4.92 Å². The van der Waals surface area contributed by atoms with E-state index in [0.717, 1.165) is 0 Å². The van der Waals surface area contributed by atoms with E-state index in [2.05, 4.69) is 10.1 Å². The summed E-state index contributed by atoms with van der Waals surface area (Å²) in [4.78, 5) is 16.4. The van der Waals surface area contributed by atoms with E-state index in [9.17, 15) is 10.1 Å². The predicted molar refractivity (Wildman–Crippen MR) is 145 cm³/mol. The summed E-state index contributed by atoms with van der Waals surface area (Å²) in [7, 11) is 3.12. The van der Waals surface area contributed by atoms with Crippen LogP contribution in [0.15, 0.2) is 64.0 Å². The number of hydrogen-bond acceptors (Lipinski definition) is 9. The van der Waals surface area contributed by atoms with Gasteiger partial charge in [-0.25, -0.2) is 9.67 Å². The smallest absolute Gasteiger partial charge is 0.282 e. The van der Waals surface area contributed by atoms with Crippen LogP contribution in [0.3, 0.4) is 0 Å². The van der Waals surface area contributed by atoms with Crippen molar-refractivity contribution in [3.05, 3.63) is 84.4 Å². The van der Waals surface area contributed by atoms with E-state index in [1.54, 1.807) is 55.3 Å². The van der Waals surface area contributed by atoms with Gasteiger partial charge >= 0.3 is 0 Å². The highest BCUT2D eigenvalue weighted by molar-refractivity contribution is 7.07. The molecule has 0 N–H and O–H groups in total. The summed E-state index contributed by atoms with van der Waals surface area (Å²) < 4.78 is 23.2. The van der Waals surface area contributed by atoms with Crippen LogP contribution in [0.5, 0.6) is 23.0 Å². The third kappa shape index (κ3) is 5.03. The molecule has 13 heteroatoms. The highest BCUT2D eigenvalue weighted by atomic mass is 35.5. The summed E-state index contributed by atoms with van der Waals surface area (Å²) >= 11 is 13.7. The van der Waals surface area contributed by atoms with Gasteiger partial charge in [-0.3, -0.25) is 10.1 Å². The minimum atomic E-state index is -0.508. The van der Waals surface area contributed by atoms with Crippen LogP contribution < -0.4 is 23.7 Å². The van der Waals surface area contributed by atoms with Crippen LogP contribution >= 0.6 is 34.5 Å². The Balaban J connectivity index is 1.71. The number of hydrogen-bond donors (Lipinski definition) is 0. The summed E-state index contributed by atoms with van der Waals surface area (Å²) in [6.45, 7) is -0.0168. The highest BCUT2D eigenvalue weighted by Gasteiger charge is 2.23. The number of ether oxygens (including phenoxy) is 4. The third-order valence-corrected chi connectivity index (χ3v) is 6.88. The number of aromatic nitrogens is 1. The molecule has 2 heterocycles. The zero-order chi connectivity index (χ0) is 26.8. The lowest BCUT2D eigenvalue weighted by Gasteiger charge is -2.11. The summed E-state index contributed by atoms with van der Waals surface area (Å²) in [5.41, 5.74) is 1.78. The van der Waals surface area contributed by atoms with Gasteiger partial charge < -0.3 is 18.9 Å². The molecule has 10 nitrogen and oxygen atoms in total. The van der Waals surface area contributed by atoms with Crippen molar-refractivity contribution in [3.63, 3.8) is 0 Å². The van der Waals surface area contributed by atoms with Gasteiger partial charge in [-0.15, -0.1) is 11.3 Å². The maximum absolute atomic E-state index is 11.8. The number of benzene rings is 3. The summed E-state index contributed by atoms with van der Waals surface area (Å²) in [6, 6.07) is 13.1. The molecule has 1 aromatic heterocycles. The van der Waals surface area contributed by atoms with Crippen molar-refractivity contribution < 1.29 is 23.9 Å². The second kappa shape index (κ2) is 10.7. The number of nitro groups is 1. The predicted octanol–water partition coefficient (Wildman–Crippen LogP) is 6.29. The molecule has 3 aromatic carbocycles. The van der Waals surface area contributed by atoms with E-state index in [-0.39, 0.29) is 18.0 Å². The van der Waals surface area contributed by atoms with Gasteiger partial charge in [0.1, 0.15) is 11.5 Å². The minimum Gasteiger partial charge on any atom is -0.497 e. The lowest BCUT2D eigenvalue weighted by Crippen LogP contribution is -2.12. The molecular formula is C25H18Cl2N4O6S. The quantitative estimate of drug-likeness (QED) is 0.146. The molecule has 0 fully saturated rings. The Labute approximate surface area is 230 Å². The topological polar surface area (TPSA) is 110 Å².